The first-order valence-corrected chi connectivity index (χ1v) is 6.51. The fourth-order valence-electron chi connectivity index (χ4n) is 1.91. The van der Waals surface area contributed by atoms with Crippen molar-refractivity contribution < 1.29 is 9.90 Å². The minimum Gasteiger partial charge on any atom is -0.481 e. The van der Waals surface area contributed by atoms with Crippen LogP contribution in [0.2, 0.25) is 10.0 Å². The van der Waals surface area contributed by atoms with Crippen molar-refractivity contribution in [2.45, 2.75) is 19.3 Å². The molecule has 0 saturated carbocycles. The number of carboxylic acid groups (broad SMARTS) is 1. The summed E-state index contributed by atoms with van der Waals surface area (Å²) in [5.41, 5.74) is 1.35. The maximum absolute atomic E-state index is 11.1. The number of nitrogens with zero attached hydrogens (tertiary/aromatic N) is 2. The summed E-state index contributed by atoms with van der Waals surface area (Å²) in [6.45, 7) is 1.83. The Morgan fingerprint density at radius 3 is 2.68 bits per heavy atom. The highest BCUT2D eigenvalue weighted by molar-refractivity contribution is 6.32. The number of rotatable bonds is 4. The van der Waals surface area contributed by atoms with Crippen LogP contribution in [0.15, 0.2) is 30.6 Å². The van der Waals surface area contributed by atoms with Crippen LogP contribution in [0.1, 0.15) is 24.8 Å². The average molecular weight is 299 g/mol. The highest BCUT2D eigenvalue weighted by atomic mass is 35.5. The molecule has 0 amide bonds. The van der Waals surface area contributed by atoms with E-state index >= 15 is 0 Å². The van der Waals surface area contributed by atoms with Crippen molar-refractivity contribution in [1.29, 1.82) is 0 Å². The number of benzene rings is 1. The monoisotopic (exact) mass is 298 g/mol. The largest absolute Gasteiger partial charge is 0.481 e. The molecule has 2 rings (SSSR count). The molecule has 1 aromatic heterocycles. The SMILES string of the molecule is CCC(C(=O)O)c1ccc(-n2cc(Cl)cn2)c(Cl)c1. The highest BCUT2D eigenvalue weighted by Gasteiger charge is 2.18. The molecule has 0 spiro atoms. The standard InChI is InChI=1S/C13H12Cl2N2O2/c1-2-10(13(18)19)8-3-4-12(11(15)5-8)17-7-9(14)6-16-17/h3-7,10H,2H2,1H3,(H,18,19). The van der Waals surface area contributed by atoms with Crippen LogP contribution in [-0.2, 0) is 4.79 Å². The fraction of sp³-hybridized carbons (Fsp3) is 0.231. The summed E-state index contributed by atoms with van der Waals surface area (Å²) in [4.78, 5) is 11.1. The first-order valence-electron chi connectivity index (χ1n) is 5.75. The lowest BCUT2D eigenvalue weighted by Gasteiger charge is -2.12. The van der Waals surface area contributed by atoms with Gasteiger partial charge >= 0.3 is 5.97 Å². The summed E-state index contributed by atoms with van der Waals surface area (Å²) in [6, 6.07) is 5.15. The first-order chi connectivity index (χ1) is 9.02. The summed E-state index contributed by atoms with van der Waals surface area (Å²) in [5.74, 6) is -1.40. The van der Waals surface area contributed by atoms with Crippen LogP contribution in [0, 0.1) is 0 Å². The third-order valence-corrected chi connectivity index (χ3v) is 3.38. The van der Waals surface area contributed by atoms with Crippen molar-refractivity contribution in [3.63, 3.8) is 0 Å². The summed E-state index contributed by atoms with van der Waals surface area (Å²) in [6.07, 6.45) is 3.66. The van der Waals surface area contributed by atoms with Gasteiger partial charge < -0.3 is 5.11 Å². The lowest BCUT2D eigenvalue weighted by molar-refractivity contribution is -0.138. The van der Waals surface area contributed by atoms with Crippen LogP contribution in [0.25, 0.3) is 5.69 Å². The normalized spacial score (nSPS) is 12.4. The van der Waals surface area contributed by atoms with Gasteiger partial charge in [-0.1, -0.05) is 36.2 Å². The molecule has 100 valence electrons. The van der Waals surface area contributed by atoms with E-state index in [1.807, 2.05) is 6.92 Å². The second kappa shape index (κ2) is 5.63. The van der Waals surface area contributed by atoms with Gasteiger partial charge in [0.1, 0.15) is 0 Å². The molecule has 1 unspecified atom stereocenters. The summed E-state index contributed by atoms with van der Waals surface area (Å²) in [7, 11) is 0. The Hall–Kier alpha value is -1.52. The quantitative estimate of drug-likeness (QED) is 0.935. The summed E-state index contributed by atoms with van der Waals surface area (Å²) in [5, 5.41) is 14.1. The van der Waals surface area contributed by atoms with E-state index in [0.29, 0.717) is 27.7 Å². The van der Waals surface area contributed by atoms with Crippen LogP contribution < -0.4 is 0 Å². The Morgan fingerprint density at radius 2 is 2.21 bits per heavy atom. The van der Waals surface area contributed by atoms with E-state index in [2.05, 4.69) is 5.10 Å². The van der Waals surface area contributed by atoms with Crippen molar-refractivity contribution in [2.24, 2.45) is 0 Å². The van der Waals surface area contributed by atoms with Gasteiger partial charge in [0.2, 0.25) is 0 Å². The van der Waals surface area contributed by atoms with E-state index in [0.717, 1.165) is 0 Å². The molecule has 0 bridgehead atoms. The van der Waals surface area contributed by atoms with Gasteiger partial charge in [0.05, 0.1) is 27.8 Å². The molecular weight excluding hydrogens is 287 g/mol. The van der Waals surface area contributed by atoms with Gasteiger partial charge in [0.25, 0.3) is 0 Å². The zero-order chi connectivity index (χ0) is 14.0. The van der Waals surface area contributed by atoms with Crippen LogP contribution in [0.5, 0.6) is 0 Å². The number of hydrogen-bond donors (Lipinski definition) is 1. The van der Waals surface area contributed by atoms with Gasteiger partial charge in [-0.2, -0.15) is 5.10 Å². The second-order valence-corrected chi connectivity index (χ2v) is 4.96. The van der Waals surface area contributed by atoms with Crippen LogP contribution in [0.3, 0.4) is 0 Å². The van der Waals surface area contributed by atoms with Gasteiger partial charge in [-0.15, -0.1) is 0 Å². The predicted octanol–water partition coefficient (Wildman–Crippen LogP) is 3.76. The molecule has 2 aromatic rings. The third kappa shape index (κ3) is 2.91. The zero-order valence-corrected chi connectivity index (χ0v) is 11.7. The number of carboxylic acids is 1. The number of hydrogen-bond acceptors (Lipinski definition) is 2. The van der Waals surface area contributed by atoms with E-state index < -0.39 is 11.9 Å². The molecule has 1 aromatic carbocycles. The molecule has 4 nitrogen and oxygen atoms in total. The lowest BCUT2D eigenvalue weighted by Crippen LogP contribution is -2.10. The van der Waals surface area contributed by atoms with Gasteiger partial charge in [0, 0.05) is 6.20 Å². The molecule has 0 aliphatic rings. The zero-order valence-electron chi connectivity index (χ0n) is 10.2. The van der Waals surface area contributed by atoms with Crippen molar-refractivity contribution in [1.82, 2.24) is 9.78 Å². The van der Waals surface area contributed by atoms with Gasteiger partial charge in [-0.05, 0) is 24.1 Å². The van der Waals surface area contributed by atoms with Crippen LogP contribution >= 0.6 is 23.2 Å². The number of aliphatic carboxylic acids is 1. The van der Waals surface area contributed by atoms with E-state index in [-0.39, 0.29) is 0 Å². The van der Waals surface area contributed by atoms with Gasteiger partial charge in [-0.25, -0.2) is 4.68 Å². The number of halogens is 2. The minimum atomic E-state index is -0.853. The topological polar surface area (TPSA) is 55.1 Å². The molecule has 0 fully saturated rings. The molecule has 1 heterocycles. The minimum absolute atomic E-state index is 0.442. The first kappa shape index (κ1) is 13.9. The molecule has 0 radical (unpaired) electrons. The van der Waals surface area contributed by atoms with Crippen molar-refractivity contribution in [3.8, 4) is 5.69 Å². The molecule has 19 heavy (non-hydrogen) atoms. The Bertz CT molecular complexity index is 610. The smallest absolute Gasteiger partial charge is 0.310 e. The average Bonchev–Trinajstić information content (AvgIpc) is 2.76. The summed E-state index contributed by atoms with van der Waals surface area (Å²) >= 11 is 12.0. The molecule has 1 N–H and O–H groups in total. The lowest BCUT2D eigenvalue weighted by atomic mass is 9.96. The number of aromatic nitrogens is 2. The Balaban J connectivity index is 2.39. The van der Waals surface area contributed by atoms with Crippen LogP contribution in [0.4, 0.5) is 0 Å². The molecule has 6 heteroatoms. The molecule has 0 saturated heterocycles. The van der Waals surface area contributed by atoms with E-state index in [9.17, 15) is 4.79 Å². The predicted molar refractivity (Wildman–Crippen MR) is 74.3 cm³/mol. The molecular formula is C13H12Cl2N2O2. The van der Waals surface area contributed by atoms with E-state index in [1.165, 1.54) is 6.20 Å². The Labute approximate surface area is 120 Å². The molecule has 0 aliphatic carbocycles. The van der Waals surface area contributed by atoms with E-state index in [1.54, 1.807) is 29.1 Å². The fourth-order valence-corrected chi connectivity index (χ4v) is 2.32. The van der Waals surface area contributed by atoms with Crippen molar-refractivity contribution >= 4 is 29.2 Å². The molecule has 1 atom stereocenters. The number of carbonyl (C=O) groups is 1. The maximum Gasteiger partial charge on any atom is 0.310 e. The Kier molecular flexibility index (Phi) is 4.12. The second-order valence-electron chi connectivity index (χ2n) is 4.11. The van der Waals surface area contributed by atoms with Crippen molar-refractivity contribution in [2.75, 3.05) is 0 Å². The third-order valence-electron chi connectivity index (χ3n) is 2.88. The summed E-state index contributed by atoms with van der Waals surface area (Å²) < 4.78 is 1.55. The van der Waals surface area contributed by atoms with Crippen LogP contribution in [-0.4, -0.2) is 20.9 Å². The van der Waals surface area contributed by atoms with Gasteiger partial charge in [-0.3, -0.25) is 4.79 Å². The van der Waals surface area contributed by atoms with Crippen molar-refractivity contribution in [3.05, 3.63) is 46.2 Å². The van der Waals surface area contributed by atoms with Gasteiger partial charge in [0.15, 0.2) is 0 Å². The van der Waals surface area contributed by atoms with E-state index in [4.69, 9.17) is 28.3 Å². The highest BCUT2D eigenvalue weighted by Crippen LogP contribution is 2.27. The Morgan fingerprint density at radius 1 is 1.47 bits per heavy atom. The molecule has 0 aliphatic heterocycles. The maximum atomic E-state index is 11.1.